The lowest BCUT2D eigenvalue weighted by atomic mass is 9.93. The monoisotopic (exact) mass is 482 g/mol. The summed E-state index contributed by atoms with van der Waals surface area (Å²) in [5.74, 6) is 0.855. The van der Waals surface area contributed by atoms with E-state index in [1.54, 1.807) is 19.5 Å². The van der Waals surface area contributed by atoms with Gasteiger partial charge in [-0.3, -0.25) is 4.98 Å². The number of hydrogen-bond acceptors (Lipinski definition) is 7. The molecule has 3 heterocycles. The molecule has 8 heteroatoms. The van der Waals surface area contributed by atoms with Gasteiger partial charge in [-0.25, -0.2) is 9.67 Å². The van der Waals surface area contributed by atoms with Crippen molar-refractivity contribution in [1.29, 1.82) is 5.26 Å². The largest absolute Gasteiger partial charge is 0.495 e. The minimum Gasteiger partial charge on any atom is -0.495 e. The number of methoxy groups -OCH3 is 1. The predicted molar refractivity (Wildman–Crippen MR) is 139 cm³/mol. The molecule has 36 heavy (non-hydrogen) atoms. The van der Waals surface area contributed by atoms with E-state index >= 15 is 0 Å². The number of anilines is 1. The number of fused-ring (bicyclic) bond motifs is 1. The molecule has 4 aromatic rings. The summed E-state index contributed by atoms with van der Waals surface area (Å²) in [5.41, 5.74) is 5.81. The summed E-state index contributed by atoms with van der Waals surface area (Å²) < 4.78 is 7.26. The maximum absolute atomic E-state index is 9.86. The second-order valence-corrected chi connectivity index (χ2v) is 9.61. The number of ether oxygens (including phenoxy) is 1. The zero-order valence-electron chi connectivity index (χ0n) is 20.8. The molecule has 1 aliphatic rings. The number of aliphatic hydroxyl groups excluding tert-OH is 1. The third-order valence-electron chi connectivity index (χ3n) is 6.83. The van der Waals surface area contributed by atoms with Crippen LogP contribution in [0.2, 0.25) is 0 Å². The molecule has 0 unspecified atom stereocenters. The number of rotatable bonds is 6. The average Bonchev–Trinajstić information content (AvgIpc) is 3.30. The van der Waals surface area contributed by atoms with Gasteiger partial charge in [-0.05, 0) is 67.5 Å². The first-order chi connectivity index (χ1) is 17.5. The first kappa shape index (κ1) is 23.8. The summed E-state index contributed by atoms with van der Waals surface area (Å²) in [4.78, 5) is 9.06. The standard InChI is InChI=1S/C28H30N6O2/c1-17(2)27-26-24(19-12-23(36-3)16-30-15-19)10-11-31-28(26)34(33-27)21-7-4-18(14-29)25(13-21)32-20-5-8-22(35)9-6-20/h4,7,10-13,15-17,20,22,32,35H,5-6,8-9H2,1-3H3/t20-,22-. The van der Waals surface area contributed by atoms with Crippen LogP contribution in [0.15, 0.2) is 48.9 Å². The van der Waals surface area contributed by atoms with Gasteiger partial charge >= 0.3 is 0 Å². The minimum absolute atomic E-state index is 0.167. The maximum Gasteiger partial charge on any atom is 0.163 e. The Morgan fingerprint density at radius 2 is 1.94 bits per heavy atom. The molecule has 2 N–H and O–H groups in total. The lowest BCUT2D eigenvalue weighted by Crippen LogP contribution is -2.28. The van der Waals surface area contributed by atoms with Crippen molar-refractivity contribution in [3.63, 3.8) is 0 Å². The Kier molecular flexibility index (Phi) is 6.57. The van der Waals surface area contributed by atoms with E-state index in [4.69, 9.17) is 14.8 Å². The highest BCUT2D eigenvalue weighted by Crippen LogP contribution is 2.36. The molecule has 1 saturated carbocycles. The van der Waals surface area contributed by atoms with E-state index in [0.717, 1.165) is 64.9 Å². The molecule has 184 valence electrons. The van der Waals surface area contributed by atoms with Crippen LogP contribution in [0, 0.1) is 11.3 Å². The summed E-state index contributed by atoms with van der Waals surface area (Å²) in [5, 5.41) is 29.1. The Bertz CT molecular complexity index is 1430. The molecule has 1 aromatic carbocycles. The lowest BCUT2D eigenvalue weighted by molar-refractivity contribution is 0.126. The minimum atomic E-state index is -0.227. The Hall–Kier alpha value is -3.96. The number of hydrogen-bond donors (Lipinski definition) is 2. The number of nitrogens with zero attached hydrogens (tertiary/aromatic N) is 5. The summed E-state index contributed by atoms with van der Waals surface area (Å²) in [6.45, 7) is 4.24. The van der Waals surface area contributed by atoms with Crippen molar-refractivity contribution in [1.82, 2.24) is 19.7 Å². The molecule has 0 amide bonds. The number of nitrogens with one attached hydrogen (secondary N) is 1. The van der Waals surface area contributed by atoms with Gasteiger partial charge in [0, 0.05) is 24.0 Å². The third-order valence-corrected chi connectivity index (χ3v) is 6.83. The van der Waals surface area contributed by atoms with Crippen molar-refractivity contribution in [2.45, 2.75) is 57.6 Å². The van der Waals surface area contributed by atoms with Gasteiger partial charge in [-0.1, -0.05) is 13.8 Å². The van der Waals surface area contributed by atoms with Crippen LogP contribution in [0.3, 0.4) is 0 Å². The van der Waals surface area contributed by atoms with Crippen molar-refractivity contribution < 1.29 is 9.84 Å². The SMILES string of the molecule is COc1cncc(-c2ccnc3c2c(C(C)C)nn3-c2ccc(C#N)c(N[C@H]3CC[C@H](O)CC3)c2)c1. The van der Waals surface area contributed by atoms with Gasteiger partial charge < -0.3 is 15.2 Å². The topological polar surface area (TPSA) is 109 Å². The van der Waals surface area contributed by atoms with Gasteiger partial charge in [-0.15, -0.1) is 0 Å². The zero-order valence-corrected chi connectivity index (χ0v) is 20.8. The third kappa shape index (κ3) is 4.50. The van der Waals surface area contributed by atoms with Crippen LogP contribution in [0.4, 0.5) is 5.69 Å². The van der Waals surface area contributed by atoms with Crippen LogP contribution in [-0.4, -0.2) is 44.1 Å². The molecule has 0 bridgehead atoms. The van der Waals surface area contributed by atoms with E-state index < -0.39 is 0 Å². The Balaban J connectivity index is 1.62. The van der Waals surface area contributed by atoms with E-state index in [0.29, 0.717) is 11.3 Å². The highest BCUT2D eigenvalue weighted by Gasteiger charge is 2.22. The zero-order chi connectivity index (χ0) is 25.2. The Morgan fingerprint density at radius 1 is 1.14 bits per heavy atom. The quantitative estimate of drug-likeness (QED) is 0.389. The van der Waals surface area contributed by atoms with Crippen molar-refractivity contribution >= 4 is 16.7 Å². The molecule has 0 spiro atoms. The molecule has 0 radical (unpaired) electrons. The smallest absolute Gasteiger partial charge is 0.163 e. The van der Waals surface area contributed by atoms with Gasteiger partial charge in [0.15, 0.2) is 5.65 Å². The van der Waals surface area contributed by atoms with Crippen LogP contribution in [0.1, 0.15) is 56.7 Å². The number of aliphatic hydroxyl groups is 1. The predicted octanol–water partition coefficient (Wildman–Crippen LogP) is 5.20. The van der Waals surface area contributed by atoms with E-state index in [1.165, 1.54) is 0 Å². The van der Waals surface area contributed by atoms with Crippen LogP contribution < -0.4 is 10.1 Å². The molecule has 1 aliphatic carbocycles. The summed E-state index contributed by atoms with van der Waals surface area (Å²) in [6.07, 6.45) is 8.36. The molecular formula is C28H30N6O2. The highest BCUT2D eigenvalue weighted by molar-refractivity contribution is 5.96. The van der Waals surface area contributed by atoms with Gasteiger partial charge in [0.25, 0.3) is 0 Å². The van der Waals surface area contributed by atoms with Gasteiger partial charge in [-0.2, -0.15) is 10.4 Å². The first-order valence-corrected chi connectivity index (χ1v) is 12.3. The van der Waals surface area contributed by atoms with Crippen LogP contribution in [0.25, 0.3) is 27.8 Å². The molecule has 0 saturated heterocycles. The van der Waals surface area contributed by atoms with Gasteiger partial charge in [0.1, 0.15) is 11.8 Å². The molecule has 1 fully saturated rings. The maximum atomic E-state index is 9.86. The number of aromatic nitrogens is 4. The molecular weight excluding hydrogens is 452 g/mol. The average molecular weight is 483 g/mol. The molecule has 0 aliphatic heterocycles. The first-order valence-electron chi connectivity index (χ1n) is 12.3. The van der Waals surface area contributed by atoms with Crippen LogP contribution >= 0.6 is 0 Å². The summed E-state index contributed by atoms with van der Waals surface area (Å²) in [7, 11) is 1.63. The normalized spacial score (nSPS) is 17.8. The second-order valence-electron chi connectivity index (χ2n) is 9.61. The fourth-order valence-electron chi connectivity index (χ4n) is 4.89. The highest BCUT2D eigenvalue weighted by atomic mass is 16.5. The molecule has 8 nitrogen and oxygen atoms in total. The fraction of sp³-hybridized carbons (Fsp3) is 0.357. The lowest BCUT2D eigenvalue weighted by Gasteiger charge is -2.27. The summed E-state index contributed by atoms with van der Waals surface area (Å²) in [6, 6.07) is 12.2. The molecule has 5 rings (SSSR count). The number of pyridine rings is 2. The Labute approximate surface area is 210 Å². The van der Waals surface area contributed by atoms with E-state index in [-0.39, 0.29) is 18.1 Å². The second kappa shape index (κ2) is 9.96. The van der Waals surface area contributed by atoms with Crippen molar-refractivity contribution in [3.05, 3.63) is 60.2 Å². The number of benzene rings is 1. The number of nitriles is 1. The van der Waals surface area contributed by atoms with Gasteiger partial charge in [0.05, 0.1) is 47.4 Å². The fourth-order valence-corrected chi connectivity index (χ4v) is 4.89. The van der Waals surface area contributed by atoms with E-state index in [1.807, 2.05) is 41.2 Å². The Morgan fingerprint density at radius 3 is 2.67 bits per heavy atom. The molecule has 3 aromatic heterocycles. The van der Waals surface area contributed by atoms with Crippen molar-refractivity contribution in [2.75, 3.05) is 12.4 Å². The van der Waals surface area contributed by atoms with Gasteiger partial charge in [0.2, 0.25) is 0 Å². The van der Waals surface area contributed by atoms with Crippen molar-refractivity contribution in [2.24, 2.45) is 0 Å². The van der Waals surface area contributed by atoms with Crippen LogP contribution in [-0.2, 0) is 0 Å². The van der Waals surface area contributed by atoms with Crippen LogP contribution in [0.5, 0.6) is 5.75 Å². The summed E-state index contributed by atoms with van der Waals surface area (Å²) >= 11 is 0. The van der Waals surface area contributed by atoms with E-state index in [2.05, 4.69) is 30.2 Å². The van der Waals surface area contributed by atoms with Crippen molar-refractivity contribution in [3.8, 4) is 28.6 Å². The molecule has 0 atom stereocenters. The van der Waals surface area contributed by atoms with E-state index in [9.17, 15) is 10.4 Å².